The van der Waals surface area contributed by atoms with Crippen LogP contribution in [0.4, 0.5) is 0 Å². The number of hydrogen-bond acceptors (Lipinski definition) is 3. The fourth-order valence-electron chi connectivity index (χ4n) is 3.13. The first-order chi connectivity index (χ1) is 8.67. The summed E-state index contributed by atoms with van der Waals surface area (Å²) in [5.41, 5.74) is 0. The summed E-state index contributed by atoms with van der Waals surface area (Å²) in [6, 6.07) is 0.579. The first kappa shape index (κ1) is 13.8. The zero-order chi connectivity index (χ0) is 13.1. The molecule has 2 aliphatic rings. The van der Waals surface area contributed by atoms with E-state index in [9.17, 15) is 4.79 Å². The third-order valence-electron chi connectivity index (χ3n) is 4.71. The SMILES string of the molecule is CCN(CC)C1CCN(C(=O)C(C)C2CNC2)C1. The van der Waals surface area contributed by atoms with Crippen LogP contribution in [-0.2, 0) is 4.79 Å². The zero-order valence-electron chi connectivity index (χ0n) is 12.0. The molecule has 18 heavy (non-hydrogen) atoms. The van der Waals surface area contributed by atoms with Crippen molar-refractivity contribution in [3.63, 3.8) is 0 Å². The first-order valence-corrected chi connectivity index (χ1v) is 7.40. The number of likely N-dealkylation sites (N-methyl/N-ethyl adjacent to an activating group) is 1. The summed E-state index contributed by atoms with van der Waals surface area (Å²) in [5, 5.41) is 3.25. The Bertz CT molecular complexity index is 287. The Balaban J connectivity index is 1.85. The van der Waals surface area contributed by atoms with Gasteiger partial charge in [-0.05, 0) is 38.5 Å². The van der Waals surface area contributed by atoms with Crippen LogP contribution in [0.5, 0.6) is 0 Å². The molecule has 0 spiro atoms. The van der Waals surface area contributed by atoms with Crippen LogP contribution >= 0.6 is 0 Å². The summed E-state index contributed by atoms with van der Waals surface area (Å²) in [6.07, 6.45) is 1.14. The lowest BCUT2D eigenvalue weighted by Gasteiger charge is -2.34. The van der Waals surface area contributed by atoms with E-state index in [4.69, 9.17) is 0 Å². The number of nitrogens with zero attached hydrogens (tertiary/aromatic N) is 2. The van der Waals surface area contributed by atoms with Crippen molar-refractivity contribution in [1.29, 1.82) is 0 Å². The highest BCUT2D eigenvalue weighted by molar-refractivity contribution is 5.79. The van der Waals surface area contributed by atoms with Crippen LogP contribution in [0.3, 0.4) is 0 Å². The maximum absolute atomic E-state index is 12.4. The molecule has 2 atom stereocenters. The molecule has 0 bridgehead atoms. The molecule has 0 aromatic carbocycles. The Morgan fingerprint density at radius 3 is 2.56 bits per heavy atom. The quantitative estimate of drug-likeness (QED) is 0.787. The molecular weight excluding hydrogens is 226 g/mol. The topological polar surface area (TPSA) is 35.6 Å². The zero-order valence-corrected chi connectivity index (χ0v) is 12.0. The molecule has 2 unspecified atom stereocenters. The van der Waals surface area contributed by atoms with Crippen molar-refractivity contribution in [3.05, 3.63) is 0 Å². The van der Waals surface area contributed by atoms with Crippen molar-refractivity contribution in [2.45, 2.75) is 33.2 Å². The molecule has 0 aromatic rings. The molecule has 1 amide bonds. The van der Waals surface area contributed by atoms with E-state index < -0.39 is 0 Å². The van der Waals surface area contributed by atoms with Gasteiger partial charge in [0.25, 0.3) is 0 Å². The molecule has 2 aliphatic heterocycles. The van der Waals surface area contributed by atoms with Crippen molar-refractivity contribution >= 4 is 5.91 Å². The Morgan fingerprint density at radius 1 is 1.39 bits per heavy atom. The maximum atomic E-state index is 12.4. The maximum Gasteiger partial charge on any atom is 0.225 e. The predicted molar refractivity (Wildman–Crippen MR) is 73.4 cm³/mol. The average molecular weight is 253 g/mol. The molecule has 4 nitrogen and oxygen atoms in total. The second kappa shape index (κ2) is 6.02. The summed E-state index contributed by atoms with van der Waals surface area (Å²) in [4.78, 5) is 17.0. The van der Waals surface area contributed by atoms with Crippen molar-refractivity contribution in [3.8, 4) is 0 Å². The number of hydrogen-bond donors (Lipinski definition) is 1. The third-order valence-corrected chi connectivity index (χ3v) is 4.71. The van der Waals surface area contributed by atoms with Gasteiger partial charge < -0.3 is 10.2 Å². The van der Waals surface area contributed by atoms with Gasteiger partial charge in [0, 0.05) is 25.0 Å². The number of rotatable bonds is 5. The molecule has 2 heterocycles. The van der Waals surface area contributed by atoms with Crippen molar-refractivity contribution in [2.24, 2.45) is 11.8 Å². The number of amides is 1. The second-order valence-corrected chi connectivity index (χ2v) is 5.65. The van der Waals surface area contributed by atoms with Crippen molar-refractivity contribution in [1.82, 2.24) is 15.1 Å². The highest BCUT2D eigenvalue weighted by Gasteiger charge is 2.35. The minimum absolute atomic E-state index is 0.196. The number of likely N-dealkylation sites (tertiary alicyclic amines) is 1. The largest absolute Gasteiger partial charge is 0.341 e. The number of carbonyl (C=O) groups excluding carboxylic acids is 1. The van der Waals surface area contributed by atoms with Gasteiger partial charge in [0.05, 0.1) is 0 Å². The van der Waals surface area contributed by atoms with Crippen molar-refractivity contribution < 1.29 is 4.79 Å². The monoisotopic (exact) mass is 253 g/mol. The lowest BCUT2D eigenvalue weighted by atomic mass is 9.88. The van der Waals surface area contributed by atoms with Crippen LogP contribution in [0.15, 0.2) is 0 Å². The van der Waals surface area contributed by atoms with E-state index in [1.54, 1.807) is 0 Å². The molecule has 0 radical (unpaired) electrons. The van der Waals surface area contributed by atoms with Crippen LogP contribution in [0.25, 0.3) is 0 Å². The average Bonchev–Trinajstić information content (AvgIpc) is 2.77. The predicted octanol–water partition coefficient (Wildman–Crippen LogP) is 0.785. The lowest BCUT2D eigenvalue weighted by molar-refractivity contribution is -0.136. The first-order valence-electron chi connectivity index (χ1n) is 7.40. The minimum Gasteiger partial charge on any atom is -0.341 e. The Morgan fingerprint density at radius 2 is 2.06 bits per heavy atom. The van der Waals surface area contributed by atoms with Gasteiger partial charge in [0.1, 0.15) is 0 Å². The van der Waals surface area contributed by atoms with E-state index >= 15 is 0 Å². The summed E-state index contributed by atoms with van der Waals surface area (Å²) in [5.74, 6) is 1.13. The smallest absolute Gasteiger partial charge is 0.225 e. The number of carbonyl (C=O) groups is 1. The Labute approximate surface area is 111 Å². The fourth-order valence-corrected chi connectivity index (χ4v) is 3.13. The summed E-state index contributed by atoms with van der Waals surface area (Å²) in [6.45, 7) is 12.6. The van der Waals surface area contributed by atoms with E-state index in [-0.39, 0.29) is 5.92 Å². The third kappa shape index (κ3) is 2.69. The highest BCUT2D eigenvalue weighted by Crippen LogP contribution is 2.22. The summed E-state index contributed by atoms with van der Waals surface area (Å²) < 4.78 is 0. The normalized spacial score (nSPS) is 26.4. The fraction of sp³-hybridized carbons (Fsp3) is 0.929. The molecule has 2 fully saturated rings. The standard InChI is InChI=1S/C14H27N3O/c1-4-16(5-2)13-6-7-17(10-13)14(18)11(3)12-8-15-9-12/h11-13,15H,4-10H2,1-3H3. The summed E-state index contributed by atoms with van der Waals surface area (Å²) >= 11 is 0. The van der Waals surface area contributed by atoms with Crippen LogP contribution < -0.4 is 5.32 Å². The molecule has 4 heteroatoms. The van der Waals surface area contributed by atoms with Gasteiger partial charge in [0.2, 0.25) is 5.91 Å². The number of nitrogens with one attached hydrogen (secondary N) is 1. The van der Waals surface area contributed by atoms with Crippen LogP contribution in [0, 0.1) is 11.8 Å². The van der Waals surface area contributed by atoms with Gasteiger partial charge in [-0.2, -0.15) is 0 Å². The second-order valence-electron chi connectivity index (χ2n) is 5.65. The molecule has 1 N–H and O–H groups in total. The molecule has 0 aromatic heterocycles. The van der Waals surface area contributed by atoms with Gasteiger partial charge in [-0.3, -0.25) is 9.69 Å². The molecule has 2 rings (SSSR count). The van der Waals surface area contributed by atoms with Crippen LogP contribution in [0.1, 0.15) is 27.2 Å². The van der Waals surface area contributed by atoms with Crippen LogP contribution in [-0.4, -0.2) is 61.0 Å². The van der Waals surface area contributed by atoms with Gasteiger partial charge in [-0.1, -0.05) is 20.8 Å². The Kier molecular flexibility index (Phi) is 4.62. The lowest BCUT2D eigenvalue weighted by Crippen LogP contribution is -2.50. The summed E-state index contributed by atoms with van der Waals surface area (Å²) in [7, 11) is 0. The van der Waals surface area contributed by atoms with E-state index in [2.05, 4.69) is 35.9 Å². The van der Waals surface area contributed by atoms with Gasteiger partial charge in [-0.25, -0.2) is 0 Å². The molecule has 2 saturated heterocycles. The van der Waals surface area contributed by atoms with Gasteiger partial charge in [0.15, 0.2) is 0 Å². The molecule has 0 aliphatic carbocycles. The molecule has 0 saturated carbocycles. The van der Waals surface area contributed by atoms with E-state index in [0.717, 1.165) is 45.7 Å². The van der Waals surface area contributed by atoms with Crippen molar-refractivity contribution in [2.75, 3.05) is 39.3 Å². The van der Waals surface area contributed by atoms with Gasteiger partial charge in [-0.15, -0.1) is 0 Å². The molecule has 104 valence electrons. The molecular formula is C14H27N3O. The van der Waals surface area contributed by atoms with E-state index in [1.165, 1.54) is 0 Å². The van der Waals surface area contributed by atoms with E-state index in [1.807, 2.05) is 0 Å². The minimum atomic E-state index is 0.196. The Hall–Kier alpha value is -0.610. The highest BCUT2D eigenvalue weighted by atomic mass is 16.2. The van der Waals surface area contributed by atoms with Gasteiger partial charge >= 0.3 is 0 Å². The van der Waals surface area contributed by atoms with Crippen LogP contribution in [0.2, 0.25) is 0 Å². The van der Waals surface area contributed by atoms with E-state index in [0.29, 0.717) is 17.9 Å².